The fraction of sp³-hybridized carbons (Fsp3) is 0.118. The second-order valence-corrected chi connectivity index (χ2v) is 5.10. The molecule has 10 heteroatoms. The van der Waals surface area contributed by atoms with Gasteiger partial charge in [-0.15, -0.1) is 0 Å². The molecule has 2 rings (SSSR count). The Labute approximate surface area is 152 Å². The van der Waals surface area contributed by atoms with Crippen molar-refractivity contribution in [3.05, 3.63) is 70.2 Å². The lowest BCUT2D eigenvalue weighted by Gasteiger charge is -2.05. The van der Waals surface area contributed by atoms with Crippen molar-refractivity contribution in [2.24, 2.45) is 0 Å². The minimum Gasteiger partial charge on any atom is -0.467 e. The standard InChI is InChI=1S/C17H15N3O7/c21-15(19-17(23)18-10-14-5-2-8-26-14)11-27-16(22)7-6-12-3-1-4-13(9-12)20(24)25/h1-9H,10-11H2,(H2,18,19,21,23)/b7-6+. The molecule has 0 aliphatic heterocycles. The third kappa shape index (κ3) is 6.82. The van der Waals surface area contributed by atoms with Crippen LogP contribution in [0.1, 0.15) is 11.3 Å². The molecule has 1 heterocycles. The molecule has 0 saturated heterocycles. The Kier molecular flexibility index (Phi) is 6.83. The lowest BCUT2D eigenvalue weighted by atomic mass is 10.2. The van der Waals surface area contributed by atoms with Crippen LogP contribution in [-0.4, -0.2) is 29.4 Å². The van der Waals surface area contributed by atoms with Crippen molar-refractivity contribution in [3.63, 3.8) is 0 Å². The lowest BCUT2D eigenvalue weighted by molar-refractivity contribution is -0.384. The molecule has 140 valence electrons. The maximum absolute atomic E-state index is 11.6. The smallest absolute Gasteiger partial charge is 0.331 e. The van der Waals surface area contributed by atoms with Crippen molar-refractivity contribution in [1.82, 2.24) is 10.6 Å². The number of hydrogen-bond donors (Lipinski definition) is 2. The lowest BCUT2D eigenvalue weighted by Crippen LogP contribution is -2.41. The molecule has 3 amide bonds. The molecular formula is C17H15N3O7. The monoisotopic (exact) mass is 373 g/mol. The Morgan fingerprint density at radius 3 is 2.74 bits per heavy atom. The van der Waals surface area contributed by atoms with E-state index in [1.54, 1.807) is 18.2 Å². The van der Waals surface area contributed by atoms with Gasteiger partial charge in [-0.25, -0.2) is 9.59 Å². The molecule has 10 nitrogen and oxygen atoms in total. The quantitative estimate of drug-likeness (QED) is 0.326. The van der Waals surface area contributed by atoms with Gasteiger partial charge in [0.05, 0.1) is 17.7 Å². The molecule has 0 fully saturated rings. The second kappa shape index (κ2) is 9.51. The van der Waals surface area contributed by atoms with Crippen LogP contribution in [0.15, 0.2) is 53.2 Å². The van der Waals surface area contributed by atoms with Gasteiger partial charge in [-0.05, 0) is 23.8 Å². The summed E-state index contributed by atoms with van der Waals surface area (Å²) >= 11 is 0. The van der Waals surface area contributed by atoms with Crippen LogP contribution < -0.4 is 10.6 Å². The van der Waals surface area contributed by atoms with Crippen LogP contribution in [0.3, 0.4) is 0 Å². The number of nitrogens with zero attached hydrogens (tertiary/aromatic N) is 1. The van der Waals surface area contributed by atoms with Crippen LogP contribution in [0.4, 0.5) is 10.5 Å². The fourth-order valence-corrected chi connectivity index (χ4v) is 1.88. The van der Waals surface area contributed by atoms with E-state index in [0.717, 1.165) is 6.08 Å². The largest absolute Gasteiger partial charge is 0.467 e. The molecule has 0 radical (unpaired) electrons. The Morgan fingerprint density at radius 1 is 1.22 bits per heavy atom. The van der Waals surface area contributed by atoms with Crippen molar-refractivity contribution in [2.75, 3.05) is 6.61 Å². The van der Waals surface area contributed by atoms with E-state index in [4.69, 9.17) is 4.42 Å². The van der Waals surface area contributed by atoms with E-state index in [0.29, 0.717) is 11.3 Å². The van der Waals surface area contributed by atoms with Crippen LogP contribution in [0.2, 0.25) is 0 Å². The summed E-state index contributed by atoms with van der Waals surface area (Å²) in [7, 11) is 0. The summed E-state index contributed by atoms with van der Waals surface area (Å²) in [6, 6.07) is 8.17. The first kappa shape index (κ1) is 19.4. The van der Waals surface area contributed by atoms with Gasteiger partial charge in [0, 0.05) is 18.2 Å². The first-order chi connectivity index (χ1) is 12.9. The highest BCUT2D eigenvalue weighted by molar-refractivity contribution is 5.96. The number of furan rings is 1. The zero-order valence-corrected chi connectivity index (χ0v) is 13.9. The molecule has 1 aromatic carbocycles. The highest BCUT2D eigenvalue weighted by Crippen LogP contribution is 2.14. The molecule has 2 N–H and O–H groups in total. The molecule has 0 atom stereocenters. The second-order valence-electron chi connectivity index (χ2n) is 5.10. The van der Waals surface area contributed by atoms with Gasteiger partial charge in [-0.2, -0.15) is 0 Å². The molecule has 2 aromatic rings. The Bertz CT molecular complexity index is 859. The molecule has 0 spiro atoms. The first-order valence-electron chi connectivity index (χ1n) is 7.63. The number of ether oxygens (including phenoxy) is 1. The first-order valence-corrected chi connectivity index (χ1v) is 7.63. The summed E-state index contributed by atoms with van der Waals surface area (Å²) in [5.74, 6) is -1.15. The molecule has 27 heavy (non-hydrogen) atoms. The number of hydrogen-bond acceptors (Lipinski definition) is 7. The number of nitro benzene ring substituents is 1. The molecule has 0 bridgehead atoms. The highest BCUT2D eigenvalue weighted by atomic mass is 16.6. The normalized spacial score (nSPS) is 10.4. The van der Waals surface area contributed by atoms with Crippen molar-refractivity contribution < 1.29 is 28.5 Å². The predicted octanol–water partition coefficient (Wildman–Crippen LogP) is 1.77. The number of urea groups is 1. The fourth-order valence-electron chi connectivity index (χ4n) is 1.88. The number of rotatable bonds is 7. The third-order valence-corrected chi connectivity index (χ3v) is 3.09. The Hall–Kier alpha value is -3.95. The van der Waals surface area contributed by atoms with E-state index in [1.807, 2.05) is 5.32 Å². The van der Waals surface area contributed by atoms with Crippen molar-refractivity contribution in [1.29, 1.82) is 0 Å². The number of carbonyl (C=O) groups excluding carboxylic acids is 3. The van der Waals surface area contributed by atoms with Gasteiger partial charge in [0.2, 0.25) is 0 Å². The number of imide groups is 1. The number of benzene rings is 1. The van der Waals surface area contributed by atoms with E-state index < -0.39 is 29.4 Å². The average Bonchev–Trinajstić information content (AvgIpc) is 3.17. The van der Waals surface area contributed by atoms with Crippen molar-refractivity contribution in [2.45, 2.75) is 6.54 Å². The van der Waals surface area contributed by atoms with E-state index >= 15 is 0 Å². The maximum atomic E-state index is 11.6. The minimum atomic E-state index is -0.840. The van der Waals surface area contributed by atoms with Crippen LogP contribution in [0, 0.1) is 10.1 Å². The molecule has 0 aliphatic carbocycles. The Morgan fingerprint density at radius 2 is 2.04 bits per heavy atom. The molecular weight excluding hydrogens is 358 g/mol. The summed E-state index contributed by atoms with van der Waals surface area (Å²) in [4.78, 5) is 44.7. The van der Waals surface area contributed by atoms with Gasteiger partial charge < -0.3 is 14.5 Å². The SMILES string of the molecule is O=C(COC(=O)/C=C/c1cccc([N+](=O)[O-])c1)NC(=O)NCc1ccco1. The van der Waals surface area contributed by atoms with E-state index in [2.05, 4.69) is 10.1 Å². The van der Waals surface area contributed by atoms with Gasteiger partial charge in [0.25, 0.3) is 11.6 Å². The summed E-state index contributed by atoms with van der Waals surface area (Å²) in [6.45, 7) is -0.565. The van der Waals surface area contributed by atoms with Crippen LogP contribution >= 0.6 is 0 Å². The molecule has 0 aliphatic rings. The summed E-state index contributed by atoms with van der Waals surface area (Å²) in [6.07, 6.45) is 3.77. The van der Waals surface area contributed by atoms with Gasteiger partial charge in [0.1, 0.15) is 5.76 Å². The number of amides is 3. The van der Waals surface area contributed by atoms with Crippen LogP contribution in [-0.2, 0) is 20.9 Å². The highest BCUT2D eigenvalue weighted by Gasteiger charge is 2.10. The molecule has 1 aromatic heterocycles. The Balaban J connectivity index is 1.72. The maximum Gasteiger partial charge on any atom is 0.331 e. The minimum absolute atomic E-state index is 0.0951. The van der Waals surface area contributed by atoms with Crippen LogP contribution in [0.5, 0.6) is 0 Å². The summed E-state index contributed by atoms with van der Waals surface area (Å²) < 4.78 is 9.69. The summed E-state index contributed by atoms with van der Waals surface area (Å²) in [5, 5.41) is 15.1. The van der Waals surface area contributed by atoms with Crippen molar-refractivity contribution >= 4 is 29.7 Å². The summed E-state index contributed by atoms with van der Waals surface area (Å²) in [5.41, 5.74) is 0.299. The number of carbonyl (C=O) groups is 3. The topological polar surface area (TPSA) is 141 Å². The number of non-ortho nitro benzene ring substituents is 1. The number of nitrogens with one attached hydrogen (secondary N) is 2. The zero-order valence-electron chi connectivity index (χ0n) is 13.9. The van der Waals surface area contributed by atoms with E-state index in [-0.39, 0.29) is 12.2 Å². The van der Waals surface area contributed by atoms with Gasteiger partial charge >= 0.3 is 12.0 Å². The van der Waals surface area contributed by atoms with E-state index in [1.165, 1.54) is 30.5 Å². The zero-order chi connectivity index (χ0) is 19.6. The van der Waals surface area contributed by atoms with Crippen LogP contribution in [0.25, 0.3) is 6.08 Å². The molecule has 0 saturated carbocycles. The van der Waals surface area contributed by atoms with Gasteiger partial charge in [-0.1, -0.05) is 12.1 Å². The molecule has 0 unspecified atom stereocenters. The average molecular weight is 373 g/mol. The predicted molar refractivity (Wildman–Crippen MR) is 92.2 cm³/mol. The van der Waals surface area contributed by atoms with Gasteiger partial charge in [-0.3, -0.25) is 20.2 Å². The van der Waals surface area contributed by atoms with E-state index in [9.17, 15) is 24.5 Å². The van der Waals surface area contributed by atoms with Crippen molar-refractivity contribution in [3.8, 4) is 0 Å². The third-order valence-electron chi connectivity index (χ3n) is 3.09. The van der Waals surface area contributed by atoms with Gasteiger partial charge in [0.15, 0.2) is 6.61 Å². The number of nitro groups is 1. The number of esters is 1.